The van der Waals surface area contributed by atoms with Crippen LogP contribution in [0.15, 0.2) is 36.5 Å². The van der Waals surface area contributed by atoms with Gasteiger partial charge in [0.25, 0.3) is 0 Å². The minimum Gasteiger partial charge on any atom is -0.399 e. The zero-order valence-corrected chi connectivity index (χ0v) is 10.2. The minimum atomic E-state index is -0.889. The Balaban J connectivity index is 2.29. The summed E-state index contributed by atoms with van der Waals surface area (Å²) in [6, 6.07) is 7.26. The molecule has 2 N–H and O–H groups in total. The van der Waals surface area contributed by atoms with E-state index in [-0.39, 0.29) is 0 Å². The Labute approximate surface area is 108 Å². The number of rotatable bonds is 1. The zero-order valence-electron chi connectivity index (χ0n) is 10.2. The molecule has 3 rings (SSSR count). The van der Waals surface area contributed by atoms with Gasteiger partial charge in [0.1, 0.15) is 5.82 Å². The Kier molecular flexibility index (Phi) is 2.48. The predicted octanol–water partition coefficient (Wildman–Crippen LogP) is 3.17. The van der Waals surface area contributed by atoms with E-state index < -0.39 is 11.6 Å². The zero-order chi connectivity index (χ0) is 13.6. The molecule has 0 aliphatic heterocycles. The lowest BCUT2D eigenvalue weighted by Crippen LogP contribution is -1.90. The van der Waals surface area contributed by atoms with Crippen molar-refractivity contribution < 1.29 is 8.78 Å². The van der Waals surface area contributed by atoms with E-state index in [0.717, 1.165) is 23.5 Å². The molecule has 1 aromatic carbocycles. The molecule has 0 bridgehead atoms. The Morgan fingerprint density at radius 2 is 1.89 bits per heavy atom. The van der Waals surface area contributed by atoms with Crippen LogP contribution in [0.2, 0.25) is 0 Å². The van der Waals surface area contributed by atoms with Crippen molar-refractivity contribution in [2.24, 2.45) is 0 Å². The van der Waals surface area contributed by atoms with Gasteiger partial charge in [0.15, 0.2) is 11.6 Å². The highest BCUT2D eigenvalue weighted by Gasteiger charge is 2.12. The highest BCUT2D eigenvalue weighted by Crippen LogP contribution is 2.27. The summed E-state index contributed by atoms with van der Waals surface area (Å²) in [7, 11) is 0. The average Bonchev–Trinajstić information content (AvgIpc) is 2.70. The Morgan fingerprint density at radius 1 is 1.11 bits per heavy atom. The molecule has 0 aliphatic rings. The average molecular weight is 259 g/mol. The number of nitrogens with two attached hydrogens (primary N) is 1. The van der Waals surface area contributed by atoms with E-state index in [1.165, 1.54) is 6.07 Å². The van der Waals surface area contributed by atoms with Gasteiger partial charge in [-0.05, 0) is 37.3 Å². The van der Waals surface area contributed by atoms with Gasteiger partial charge in [-0.2, -0.15) is 0 Å². The van der Waals surface area contributed by atoms with E-state index >= 15 is 0 Å². The largest absolute Gasteiger partial charge is 0.399 e. The van der Waals surface area contributed by atoms with Gasteiger partial charge < -0.3 is 10.1 Å². The first-order valence-electron chi connectivity index (χ1n) is 5.76. The van der Waals surface area contributed by atoms with Crippen LogP contribution in [0.3, 0.4) is 0 Å². The summed E-state index contributed by atoms with van der Waals surface area (Å²) in [6.45, 7) is 1.84. The van der Waals surface area contributed by atoms with Crippen molar-refractivity contribution in [3.8, 4) is 11.3 Å². The fourth-order valence-electron chi connectivity index (χ4n) is 2.11. The number of nitrogens with zero attached hydrogens (tertiary/aromatic N) is 2. The van der Waals surface area contributed by atoms with Crippen molar-refractivity contribution >= 4 is 11.2 Å². The van der Waals surface area contributed by atoms with Gasteiger partial charge in [0, 0.05) is 17.4 Å². The third kappa shape index (κ3) is 1.83. The summed E-state index contributed by atoms with van der Waals surface area (Å²) in [4.78, 5) is 4.39. The van der Waals surface area contributed by atoms with Crippen molar-refractivity contribution in [2.45, 2.75) is 6.92 Å². The van der Waals surface area contributed by atoms with Crippen LogP contribution in [0.5, 0.6) is 0 Å². The van der Waals surface area contributed by atoms with Crippen molar-refractivity contribution in [3.63, 3.8) is 0 Å². The SMILES string of the molecule is Cc1nc(-c2ccc(F)c(F)c2)c2cc(N)ccn12. The maximum Gasteiger partial charge on any atom is 0.159 e. The quantitative estimate of drug-likeness (QED) is 0.729. The Bertz CT molecular complexity index is 778. The predicted molar refractivity (Wildman–Crippen MR) is 69.7 cm³/mol. The molecule has 0 saturated heterocycles. The van der Waals surface area contributed by atoms with Crippen LogP contribution in [0.1, 0.15) is 5.82 Å². The number of hydrogen-bond acceptors (Lipinski definition) is 2. The van der Waals surface area contributed by atoms with Gasteiger partial charge in [0.2, 0.25) is 0 Å². The molecule has 2 heterocycles. The first kappa shape index (κ1) is 11.6. The molecule has 3 nitrogen and oxygen atoms in total. The molecule has 2 aromatic heterocycles. The molecular weight excluding hydrogens is 248 g/mol. The summed E-state index contributed by atoms with van der Waals surface area (Å²) in [5.74, 6) is -1.00. The third-order valence-corrected chi connectivity index (χ3v) is 3.04. The van der Waals surface area contributed by atoms with Crippen LogP contribution in [0, 0.1) is 18.6 Å². The van der Waals surface area contributed by atoms with Crippen LogP contribution < -0.4 is 5.73 Å². The highest BCUT2D eigenvalue weighted by molar-refractivity contribution is 5.79. The fourth-order valence-corrected chi connectivity index (χ4v) is 2.11. The summed E-state index contributed by atoms with van der Waals surface area (Å²) in [6.07, 6.45) is 1.80. The molecule has 0 aliphatic carbocycles. The number of fused-ring (bicyclic) bond motifs is 1. The van der Waals surface area contributed by atoms with E-state index in [4.69, 9.17) is 5.73 Å². The summed E-state index contributed by atoms with van der Waals surface area (Å²) in [5.41, 5.74) is 8.23. The molecule has 19 heavy (non-hydrogen) atoms. The molecule has 5 heteroatoms. The lowest BCUT2D eigenvalue weighted by atomic mass is 10.1. The number of aromatic nitrogens is 2. The lowest BCUT2D eigenvalue weighted by molar-refractivity contribution is 0.509. The second-order valence-corrected chi connectivity index (χ2v) is 4.35. The molecular formula is C14H11F2N3. The first-order valence-corrected chi connectivity index (χ1v) is 5.76. The molecule has 0 radical (unpaired) electrons. The second kappa shape index (κ2) is 4.05. The van der Waals surface area contributed by atoms with Gasteiger partial charge in [-0.3, -0.25) is 0 Å². The molecule has 0 unspecified atom stereocenters. The van der Waals surface area contributed by atoms with E-state index in [1.807, 2.05) is 11.3 Å². The van der Waals surface area contributed by atoms with Gasteiger partial charge in [-0.1, -0.05) is 0 Å². The number of imidazole rings is 1. The number of aryl methyl sites for hydroxylation is 1. The standard InChI is InChI=1S/C14H11F2N3/c1-8-18-14(9-2-3-11(15)12(16)6-9)13-7-10(17)4-5-19(8)13/h2-7H,17H2,1H3. The fraction of sp³-hybridized carbons (Fsp3) is 0.0714. The summed E-state index contributed by atoms with van der Waals surface area (Å²) < 4.78 is 28.1. The number of pyridine rings is 1. The van der Waals surface area contributed by atoms with Crippen molar-refractivity contribution in [3.05, 3.63) is 54.0 Å². The maximum absolute atomic E-state index is 13.3. The molecule has 96 valence electrons. The summed E-state index contributed by atoms with van der Waals surface area (Å²) >= 11 is 0. The first-order chi connectivity index (χ1) is 9.06. The van der Waals surface area contributed by atoms with Crippen molar-refractivity contribution in [2.75, 3.05) is 5.73 Å². The van der Waals surface area contributed by atoms with Crippen LogP contribution in [0.4, 0.5) is 14.5 Å². The minimum absolute atomic E-state index is 0.523. The monoisotopic (exact) mass is 259 g/mol. The maximum atomic E-state index is 13.3. The molecule has 0 spiro atoms. The van der Waals surface area contributed by atoms with E-state index in [9.17, 15) is 8.78 Å². The third-order valence-electron chi connectivity index (χ3n) is 3.04. The summed E-state index contributed by atoms with van der Waals surface area (Å²) in [5, 5.41) is 0. The molecule has 0 saturated carbocycles. The number of halogens is 2. The number of anilines is 1. The van der Waals surface area contributed by atoms with Crippen LogP contribution in [-0.4, -0.2) is 9.38 Å². The van der Waals surface area contributed by atoms with Crippen molar-refractivity contribution in [1.82, 2.24) is 9.38 Å². The van der Waals surface area contributed by atoms with Gasteiger partial charge in [0.05, 0.1) is 11.2 Å². The van der Waals surface area contributed by atoms with Gasteiger partial charge in [-0.15, -0.1) is 0 Å². The Hall–Kier alpha value is -2.43. The molecule has 0 fully saturated rings. The van der Waals surface area contributed by atoms with Gasteiger partial charge in [-0.25, -0.2) is 13.8 Å². The van der Waals surface area contributed by atoms with Crippen LogP contribution in [-0.2, 0) is 0 Å². The lowest BCUT2D eigenvalue weighted by Gasteiger charge is -2.01. The van der Waals surface area contributed by atoms with Crippen LogP contribution in [0.25, 0.3) is 16.8 Å². The van der Waals surface area contributed by atoms with Gasteiger partial charge >= 0.3 is 0 Å². The van der Waals surface area contributed by atoms with E-state index in [2.05, 4.69) is 4.98 Å². The molecule has 3 aromatic rings. The van der Waals surface area contributed by atoms with E-state index in [1.54, 1.807) is 18.3 Å². The highest BCUT2D eigenvalue weighted by atomic mass is 19.2. The normalized spacial score (nSPS) is 11.1. The second-order valence-electron chi connectivity index (χ2n) is 4.35. The molecule has 0 atom stereocenters. The number of nitrogen functional groups attached to an aromatic ring is 1. The van der Waals surface area contributed by atoms with Crippen LogP contribution >= 0.6 is 0 Å². The Morgan fingerprint density at radius 3 is 2.63 bits per heavy atom. The smallest absolute Gasteiger partial charge is 0.159 e. The molecule has 0 amide bonds. The topological polar surface area (TPSA) is 43.3 Å². The van der Waals surface area contributed by atoms with Crippen molar-refractivity contribution in [1.29, 1.82) is 0 Å². The number of hydrogen-bond donors (Lipinski definition) is 1. The van der Waals surface area contributed by atoms with E-state index in [0.29, 0.717) is 16.9 Å². The number of benzene rings is 1.